The minimum absolute atomic E-state index is 0.163. The van der Waals surface area contributed by atoms with E-state index in [1.165, 1.54) is 6.26 Å². The number of methoxy groups -OCH3 is 2. The van der Waals surface area contributed by atoms with Gasteiger partial charge in [-0.05, 0) is 35.6 Å². The van der Waals surface area contributed by atoms with Gasteiger partial charge in [-0.3, -0.25) is 0 Å². The molecule has 0 aromatic heterocycles. The Morgan fingerprint density at radius 2 is 1.76 bits per heavy atom. The predicted octanol–water partition coefficient (Wildman–Crippen LogP) is 2.22. The molecule has 21 heavy (non-hydrogen) atoms. The summed E-state index contributed by atoms with van der Waals surface area (Å²) in [7, 11) is -0.0407. The second-order valence-electron chi connectivity index (χ2n) is 5.72. The van der Waals surface area contributed by atoms with E-state index in [1.54, 1.807) is 18.5 Å². The molecule has 1 aliphatic rings. The fourth-order valence-corrected chi connectivity index (χ4v) is 4.21. The van der Waals surface area contributed by atoms with Crippen molar-refractivity contribution in [3.8, 4) is 11.5 Å². The SMILES string of the molecule is COc1cc2c(cc1OC)C(C(C)C)N(S(C)(=O)=O)CC2. The van der Waals surface area contributed by atoms with E-state index in [1.807, 2.05) is 26.0 Å². The van der Waals surface area contributed by atoms with Crippen molar-refractivity contribution in [2.45, 2.75) is 26.3 Å². The molecule has 0 radical (unpaired) electrons. The molecule has 0 N–H and O–H groups in total. The molecule has 1 aliphatic heterocycles. The number of rotatable bonds is 4. The van der Waals surface area contributed by atoms with Gasteiger partial charge in [-0.25, -0.2) is 8.42 Å². The van der Waals surface area contributed by atoms with Crippen LogP contribution in [0.3, 0.4) is 0 Å². The van der Waals surface area contributed by atoms with Crippen molar-refractivity contribution in [3.63, 3.8) is 0 Å². The number of fused-ring (bicyclic) bond motifs is 1. The van der Waals surface area contributed by atoms with E-state index in [4.69, 9.17) is 9.47 Å². The van der Waals surface area contributed by atoms with Crippen LogP contribution in [-0.2, 0) is 16.4 Å². The van der Waals surface area contributed by atoms with E-state index < -0.39 is 10.0 Å². The van der Waals surface area contributed by atoms with Gasteiger partial charge >= 0.3 is 0 Å². The van der Waals surface area contributed by atoms with Crippen LogP contribution >= 0.6 is 0 Å². The van der Waals surface area contributed by atoms with Crippen LogP contribution in [0.5, 0.6) is 11.5 Å². The third-order valence-electron chi connectivity index (χ3n) is 3.93. The molecule has 1 atom stereocenters. The highest BCUT2D eigenvalue weighted by Crippen LogP contribution is 2.41. The summed E-state index contributed by atoms with van der Waals surface area (Å²) in [5, 5.41) is 0. The largest absolute Gasteiger partial charge is 0.493 e. The zero-order valence-electron chi connectivity index (χ0n) is 13.2. The fraction of sp³-hybridized carbons (Fsp3) is 0.600. The van der Waals surface area contributed by atoms with Crippen LogP contribution in [0.4, 0.5) is 0 Å². The Morgan fingerprint density at radius 1 is 1.19 bits per heavy atom. The van der Waals surface area contributed by atoms with Gasteiger partial charge in [-0.2, -0.15) is 4.31 Å². The van der Waals surface area contributed by atoms with E-state index in [0.717, 1.165) is 11.1 Å². The average Bonchev–Trinajstić information content (AvgIpc) is 2.42. The number of nitrogens with zero attached hydrogens (tertiary/aromatic N) is 1. The molecule has 0 saturated heterocycles. The molecular formula is C15H23NO4S. The van der Waals surface area contributed by atoms with Crippen molar-refractivity contribution in [1.82, 2.24) is 4.31 Å². The topological polar surface area (TPSA) is 55.8 Å². The van der Waals surface area contributed by atoms with E-state index in [2.05, 4.69) is 0 Å². The fourth-order valence-electron chi connectivity index (χ4n) is 3.02. The molecule has 1 aromatic carbocycles. The highest BCUT2D eigenvalue weighted by atomic mass is 32.2. The number of sulfonamides is 1. The average molecular weight is 313 g/mol. The molecule has 0 bridgehead atoms. The molecule has 0 amide bonds. The van der Waals surface area contributed by atoms with E-state index in [-0.39, 0.29) is 12.0 Å². The Labute approximate surface area is 126 Å². The number of hydrogen-bond donors (Lipinski definition) is 0. The zero-order chi connectivity index (χ0) is 15.8. The van der Waals surface area contributed by atoms with E-state index >= 15 is 0 Å². The highest BCUT2D eigenvalue weighted by molar-refractivity contribution is 7.88. The maximum atomic E-state index is 12.1. The van der Waals surface area contributed by atoms with Gasteiger partial charge in [0, 0.05) is 6.54 Å². The first-order valence-corrected chi connectivity index (χ1v) is 8.86. The molecule has 0 saturated carbocycles. The van der Waals surface area contributed by atoms with Crippen LogP contribution in [0.25, 0.3) is 0 Å². The van der Waals surface area contributed by atoms with Crippen molar-refractivity contribution >= 4 is 10.0 Å². The summed E-state index contributed by atoms with van der Waals surface area (Å²) in [6.45, 7) is 4.58. The van der Waals surface area contributed by atoms with Crippen LogP contribution in [0.2, 0.25) is 0 Å². The van der Waals surface area contributed by atoms with Gasteiger partial charge in [-0.1, -0.05) is 13.8 Å². The number of ether oxygens (including phenoxy) is 2. The van der Waals surface area contributed by atoms with E-state index in [0.29, 0.717) is 24.5 Å². The predicted molar refractivity (Wildman–Crippen MR) is 82.4 cm³/mol. The summed E-state index contributed by atoms with van der Waals surface area (Å²) in [6, 6.07) is 3.71. The first kappa shape index (κ1) is 16.1. The number of hydrogen-bond acceptors (Lipinski definition) is 4. The summed E-state index contributed by atoms with van der Waals surface area (Å²) in [5.74, 6) is 1.50. The van der Waals surface area contributed by atoms with Crippen molar-refractivity contribution in [2.24, 2.45) is 5.92 Å². The van der Waals surface area contributed by atoms with Crippen molar-refractivity contribution in [1.29, 1.82) is 0 Å². The third kappa shape index (κ3) is 3.01. The van der Waals surface area contributed by atoms with Gasteiger partial charge < -0.3 is 9.47 Å². The third-order valence-corrected chi connectivity index (χ3v) is 5.19. The Hall–Kier alpha value is -1.27. The molecule has 1 unspecified atom stereocenters. The molecule has 1 aromatic rings. The smallest absolute Gasteiger partial charge is 0.211 e. The molecule has 0 spiro atoms. The second-order valence-corrected chi connectivity index (χ2v) is 7.65. The quantitative estimate of drug-likeness (QED) is 0.855. The van der Waals surface area contributed by atoms with Crippen LogP contribution in [0.1, 0.15) is 31.0 Å². The van der Waals surface area contributed by atoms with Gasteiger partial charge in [-0.15, -0.1) is 0 Å². The lowest BCUT2D eigenvalue weighted by Gasteiger charge is -2.38. The maximum Gasteiger partial charge on any atom is 0.211 e. The summed E-state index contributed by atoms with van der Waals surface area (Å²) < 4.78 is 36.4. The summed E-state index contributed by atoms with van der Waals surface area (Å²) in [4.78, 5) is 0. The molecular weight excluding hydrogens is 290 g/mol. The van der Waals surface area contributed by atoms with Crippen molar-refractivity contribution in [3.05, 3.63) is 23.3 Å². The summed E-state index contributed by atoms with van der Waals surface area (Å²) in [5.41, 5.74) is 2.14. The molecule has 118 valence electrons. The monoisotopic (exact) mass is 313 g/mol. The Kier molecular flexibility index (Phi) is 4.49. The van der Waals surface area contributed by atoms with Gasteiger partial charge in [0.2, 0.25) is 10.0 Å². The maximum absolute atomic E-state index is 12.1. The minimum atomic E-state index is -3.24. The first-order valence-electron chi connectivity index (χ1n) is 7.01. The lowest BCUT2D eigenvalue weighted by Crippen LogP contribution is -2.41. The van der Waals surface area contributed by atoms with Gasteiger partial charge in [0.1, 0.15) is 0 Å². The Morgan fingerprint density at radius 3 is 2.24 bits per heavy atom. The summed E-state index contributed by atoms with van der Waals surface area (Å²) in [6.07, 6.45) is 1.96. The first-order chi connectivity index (χ1) is 9.79. The standard InChI is InChI=1S/C15H23NO4S/c1-10(2)15-12-9-14(20-4)13(19-3)8-11(12)6-7-16(15)21(5,17)18/h8-10,15H,6-7H2,1-5H3. The van der Waals surface area contributed by atoms with Crippen LogP contribution < -0.4 is 9.47 Å². The van der Waals surface area contributed by atoms with E-state index in [9.17, 15) is 8.42 Å². The lowest BCUT2D eigenvalue weighted by molar-refractivity contribution is 0.247. The zero-order valence-corrected chi connectivity index (χ0v) is 14.0. The van der Waals surface area contributed by atoms with Crippen LogP contribution in [0, 0.1) is 5.92 Å². The van der Waals surface area contributed by atoms with Crippen LogP contribution in [-0.4, -0.2) is 39.7 Å². The molecule has 6 heteroatoms. The van der Waals surface area contributed by atoms with Crippen molar-refractivity contribution in [2.75, 3.05) is 27.0 Å². The normalized spacial score (nSPS) is 19.4. The minimum Gasteiger partial charge on any atom is -0.493 e. The summed E-state index contributed by atoms with van der Waals surface area (Å²) >= 11 is 0. The molecule has 1 heterocycles. The molecule has 0 aliphatic carbocycles. The number of benzene rings is 1. The van der Waals surface area contributed by atoms with Crippen LogP contribution in [0.15, 0.2) is 12.1 Å². The molecule has 0 fully saturated rings. The highest BCUT2D eigenvalue weighted by Gasteiger charge is 2.35. The Bertz CT molecular complexity index is 625. The van der Waals surface area contributed by atoms with Gasteiger partial charge in [0.15, 0.2) is 11.5 Å². The second kappa shape index (κ2) is 5.85. The van der Waals surface area contributed by atoms with Crippen molar-refractivity contribution < 1.29 is 17.9 Å². The lowest BCUT2D eigenvalue weighted by atomic mass is 9.87. The van der Waals surface area contributed by atoms with Gasteiger partial charge in [0.05, 0.1) is 26.5 Å². The molecule has 5 nitrogen and oxygen atoms in total. The Balaban J connectivity index is 2.59. The molecule has 2 rings (SSSR count). The van der Waals surface area contributed by atoms with Gasteiger partial charge in [0.25, 0.3) is 0 Å².